The van der Waals surface area contributed by atoms with Crippen molar-refractivity contribution in [1.29, 1.82) is 0 Å². The van der Waals surface area contributed by atoms with E-state index in [9.17, 15) is 0 Å². The van der Waals surface area contributed by atoms with Crippen molar-refractivity contribution in [3.05, 3.63) is 0 Å². The maximum atomic E-state index is 5.86. The summed E-state index contributed by atoms with van der Waals surface area (Å²) < 4.78 is 0. The van der Waals surface area contributed by atoms with Gasteiger partial charge in [-0.1, -0.05) is 19.3 Å². The van der Waals surface area contributed by atoms with Gasteiger partial charge < -0.3 is 5.73 Å². The molecule has 0 aromatic heterocycles. The zero-order chi connectivity index (χ0) is 9.19. The Morgan fingerprint density at radius 2 is 2.08 bits per heavy atom. The van der Waals surface area contributed by atoms with Crippen LogP contribution in [0, 0.1) is 5.92 Å². The lowest BCUT2D eigenvalue weighted by molar-refractivity contribution is 0.241. The van der Waals surface area contributed by atoms with Gasteiger partial charge >= 0.3 is 0 Å². The SMILES string of the molecule is CC(CC1CCC1)NC(C)(C)N. The first-order chi connectivity index (χ1) is 5.47. The lowest BCUT2D eigenvalue weighted by Crippen LogP contribution is -2.52. The second-order valence-corrected chi connectivity index (χ2v) is 4.80. The van der Waals surface area contributed by atoms with Crippen molar-refractivity contribution in [2.24, 2.45) is 11.7 Å². The van der Waals surface area contributed by atoms with Crippen molar-refractivity contribution in [1.82, 2.24) is 5.32 Å². The van der Waals surface area contributed by atoms with Crippen molar-refractivity contribution in [2.45, 2.75) is 58.2 Å². The van der Waals surface area contributed by atoms with Crippen LogP contribution in [0.5, 0.6) is 0 Å². The lowest BCUT2D eigenvalue weighted by atomic mass is 9.81. The van der Waals surface area contributed by atoms with Crippen LogP contribution in [0.25, 0.3) is 0 Å². The lowest BCUT2D eigenvalue weighted by Gasteiger charge is -2.32. The number of rotatable bonds is 4. The van der Waals surface area contributed by atoms with Crippen LogP contribution >= 0.6 is 0 Å². The molecule has 0 heterocycles. The molecule has 0 spiro atoms. The van der Waals surface area contributed by atoms with Crippen LogP contribution in [-0.2, 0) is 0 Å². The summed E-state index contributed by atoms with van der Waals surface area (Å²) in [5, 5.41) is 3.40. The second kappa shape index (κ2) is 3.75. The van der Waals surface area contributed by atoms with E-state index in [1.165, 1.54) is 25.7 Å². The van der Waals surface area contributed by atoms with Crippen LogP contribution in [0.1, 0.15) is 46.5 Å². The molecular weight excluding hydrogens is 148 g/mol. The first-order valence-corrected chi connectivity index (χ1v) is 5.04. The highest BCUT2D eigenvalue weighted by Crippen LogP contribution is 2.30. The number of nitrogens with one attached hydrogen (secondary N) is 1. The van der Waals surface area contributed by atoms with Crippen molar-refractivity contribution in [2.75, 3.05) is 0 Å². The Labute approximate surface area is 75.9 Å². The molecule has 0 aromatic carbocycles. The average Bonchev–Trinajstić information content (AvgIpc) is 1.74. The molecule has 0 saturated heterocycles. The monoisotopic (exact) mass is 170 g/mol. The van der Waals surface area contributed by atoms with Gasteiger partial charge in [0.2, 0.25) is 0 Å². The molecule has 0 bridgehead atoms. The molecule has 1 aliphatic carbocycles. The molecule has 3 N–H and O–H groups in total. The Hall–Kier alpha value is -0.0800. The summed E-state index contributed by atoms with van der Waals surface area (Å²) >= 11 is 0. The van der Waals surface area contributed by atoms with Crippen molar-refractivity contribution in [3.8, 4) is 0 Å². The first kappa shape index (κ1) is 10.0. The van der Waals surface area contributed by atoms with Gasteiger partial charge in [0, 0.05) is 6.04 Å². The highest BCUT2D eigenvalue weighted by molar-refractivity contribution is 4.79. The van der Waals surface area contributed by atoms with E-state index >= 15 is 0 Å². The minimum Gasteiger partial charge on any atom is -0.314 e. The summed E-state index contributed by atoms with van der Waals surface area (Å²) in [6.07, 6.45) is 5.58. The minimum absolute atomic E-state index is 0.219. The molecule has 1 fully saturated rings. The molecule has 2 heteroatoms. The summed E-state index contributed by atoms with van der Waals surface area (Å²) in [5.74, 6) is 0.967. The molecule has 2 nitrogen and oxygen atoms in total. The highest BCUT2D eigenvalue weighted by atomic mass is 15.1. The second-order valence-electron chi connectivity index (χ2n) is 4.80. The Kier molecular flexibility index (Phi) is 3.13. The van der Waals surface area contributed by atoms with Crippen molar-refractivity contribution >= 4 is 0 Å². The highest BCUT2D eigenvalue weighted by Gasteiger charge is 2.22. The fourth-order valence-electron chi connectivity index (χ4n) is 1.92. The third-order valence-electron chi connectivity index (χ3n) is 2.53. The summed E-state index contributed by atoms with van der Waals surface area (Å²) in [6.45, 7) is 6.27. The van der Waals surface area contributed by atoms with Crippen molar-refractivity contribution in [3.63, 3.8) is 0 Å². The summed E-state index contributed by atoms with van der Waals surface area (Å²) in [5.41, 5.74) is 5.64. The molecule has 0 aromatic rings. The molecule has 1 unspecified atom stereocenters. The van der Waals surface area contributed by atoms with Gasteiger partial charge in [-0.15, -0.1) is 0 Å². The van der Waals surface area contributed by atoms with E-state index in [4.69, 9.17) is 5.73 Å². The summed E-state index contributed by atoms with van der Waals surface area (Å²) in [6, 6.07) is 0.565. The largest absolute Gasteiger partial charge is 0.314 e. The molecule has 1 atom stereocenters. The van der Waals surface area contributed by atoms with Gasteiger partial charge in [-0.3, -0.25) is 5.32 Å². The fraction of sp³-hybridized carbons (Fsp3) is 1.00. The van der Waals surface area contributed by atoms with Crippen LogP contribution in [0.2, 0.25) is 0 Å². The normalized spacial score (nSPS) is 22.0. The summed E-state index contributed by atoms with van der Waals surface area (Å²) in [7, 11) is 0. The van der Waals surface area contributed by atoms with Gasteiger partial charge in [-0.2, -0.15) is 0 Å². The average molecular weight is 170 g/mol. The minimum atomic E-state index is -0.219. The van der Waals surface area contributed by atoms with E-state index < -0.39 is 0 Å². The third-order valence-corrected chi connectivity index (χ3v) is 2.53. The summed E-state index contributed by atoms with van der Waals surface area (Å²) in [4.78, 5) is 0. The maximum Gasteiger partial charge on any atom is 0.0605 e. The van der Waals surface area contributed by atoms with Crippen LogP contribution in [0.3, 0.4) is 0 Å². The first-order valence-electron chi connectivity index (χ1n) is 5.04. The Morgan fingerprint density at radius 3 is 2.42 bits per heavy atom. The van der Waals surface area contributed by atoms with Crippen LogP contribution < -0.4 is 11.1 Å². The third kappa shape index (κ3) is 3.55. The van der Waals surface area contributed by atoms with Crippen LogP contribution in [-0.4, -0.2) is 11.7 Å². The fourth-order valence-corrected chi connectivity index (χ4v) is 1.92. The Bertz CT molecular complexity index is 133. The van der Waals surface area contributed by atoms with Crippen LogP contribution in [0.4, 0.5) is 0 Å². The molecular formula is C10H22N2. The van der Waals surface area contributed by atoms with Gasteiger partial charge in [0.25, 0.3) is 0 Å². The zero-order valence-corrected chi connectivity index (χ0v) is 8.56. The van der Waals surface area contributed by atoms with E-state index in [0.29, 0.717) is 6.04 Å². The van der Waals surface area contributed by atoms with E-state index in [0.717, 1.165) is 5.92 Å². The van der Waals surface area contributed by atoms with Gasteiger partial charge in [0.05, 0.1) is 5.66 Å². The van der Waals surface area contributed by atoms with Gasteiger partial charge in [0.15, 0.2) is 0 Å². The zero-order valence-electron chi connectivity index (χ0n) is 8.56. The van der Waals surface area contributed by atoms with Gasteiger partial charge in [-0.25, -0.2) is 0 Å². The number of hydrogen-bond acceptors (Lipinski definition) is 2. The van der Waals surface area contributed by atoms with Gasteiger partial charge in [-0.05, 0) is 33.1 Å². The molecule has 0 aliphatic heterocycles. The molecule has 0 radical (unpaired) electrons. The predicted molar refractivity (Wildman–Crippen MR) is 52.8 cm³/mol. The molecule has 1 saturated carbocycles. The molecule has 12 heavy (non-hydrogen) atoms. The standard InChI is InChI=1S/C10H22N2/c1-8(12-10(2,3)11)7-9-5-4-6-9/h8-9,12H,4-7,11H2,1-3H3. The predicted octanol–water partition coefficient (Wildman–Crippen LogP) is 1.85. The van der Waals surface area contributed by atoms with E-state index in [1.807, 2.05) is 13.8 Å². The van der Waals surface area contributed by atoms with Crippen LogP contribution in [0.15, 0.2) is 0 Å². The molecule has 0 amide bonds. The topological polar surface area (TPSA) is 38.0 Å². The maximum absolute atomic E-state index is 5.86. The molecule has 72 valence electrons. The van der Waals surface area contributed by atoms with E-state index in [1.54, 1.807) is 0 Å². The quantitative estimate of drug-likeness (QED) is 0.632. The van der Waals surface area contributed by atoms with Gasteiger partial charge in [0.1, 0.15) is 0 Å². The Balaban J connectivity index is 2.14. The molecule has 1 rings (SSSR count). The molecule has 1 aliphatic rings. The van der Waals surface area contributed by atoms with E-state index in [2.05, 4.69) is 12.2 Å². The number of hydrogen-bond donors (Lipinski definition) is 2. The smallest absolute Gasteiger partial charge is 0.0605 e. The Morgan fingerprint density at radius 1 is 1.50 bits per heavy atom. The van der Waals surface area contributed by atoms with Crippen molar-refractivity contribution < 1.29 is 0 Å². The number of nitrogens with two attached hydrogens (primary N) is 1. The van der Waals surface area contributed by atoms with E-state index in [-0.39, 0.29) is 5.66 Å².